The van der Waals surface area contributed by atoms with Gasteiger partial charge >= 0.3 is 0 Å². The molecule has 4 rings (SSSR count). The SMILES string of the molecule is Cn1nc2c(c1NS(=O)(=O)c1cnn3ccccc13)CCC2. The molecule has 0 atom stereocenters. The van der Waals surface area contributed by atoms with Gasteiger partial charge in [-0.3, -0.25) is 9.40 Å². The second-order valence-electron chi connectivity index (χ2n) is 5.40. The summed E-state index contributed by atoms with van der Waals surface area (Å²) < 4.78 is 31.3. The van der Waals surface area contributed by atoms with Gasteiger partial charge in [0.05, 0.1) is 17.4 Å². The van der Waals surface area contributed by atoms with Crippen molar-refractivity contribution in [3.8, 4) is 0 Å². The van der Waals surface area contributed by atoms with Gasteiger partial charge in [0.15, 0.2) is 0 Å². The molecule has 114 valence electrons. The van der Waals surface area contributed by atoms with E-state index in [9.17, 15) is 8.42 Å². The van der Waals surface area contributed by atoms with E-state index in [0.717, 1.165) is 30.5 Å². The number of anilines is 1. The zero-order valence-corrected chi connectivity index (χ0v) is 12.8. The van der Waals surface area contributed by atoms with Gasteiger partial charge < -0.3 is 0 Å². The summed E-state index contributed by atoms with van der Waals surface area (Å²) in [6, 6.07) is 5.32. The molecular formula is C14H15N5O2S. The molecule has 0 spiro atoms. The van der Waals surface area contributed by atoms with Gasteiger partial charge in [0.25, 0.3) is 10.0 Å². The van der Waals surface area contributed by atoms with Gasteiger partial charge in [-0.2, -0.15) is 10.2 Å². The number of nitrogens with one attached hydrogen (secondary N) is 1. The zero-order valence-electron chi connectivity index (χ0n) is 12.0. The lowest BCUT2D eigenvalue weighted by Crippen LogP contribution is -2.16. The van der Waals surface area contributed by atoms with Gasteiger partial charge in [0.2, 0.25) is 0 Å². The number of pyridine rings is 1. The number of aromatic nitrogens is 4. The Hall–Kier alpha value is -2.35. The molecule has 0 aliphatic heterocycles. The Morgan fingerprint density at radius 3 is 3.00 bits per heavy atom. The van der Waals surface area contributed by atoms with Crippen LogP contribution < -0.4 is 4.72 Å². The van der Waals surface area contributed by atoms with Crippen LogP contribution in [0.15, 0.2) is 35.5 Å². The number of aryl methyl sites for hydroxylation is 2. The number of hydrogen-bond donors (Lipinski definition) is 1. The minimum absolute atomic E-state index is 0.168. The molecule has 8 heteroatoms. The van der Waals surface area contributed by atoms with E-state index in [0.29, 0.717) is 11.3 Å². The Balaban J connectivity index is 1.79. The van der Waals surface area contributed by atoms with Crippen LogP contribution in [0.4, 0.5) is 5.82 Å². The van der Waals surface area contributed by atoms with Crippen molar-refractivity contribution in [3.05, 3.63) is 41.9 Å². The van der Waals surface area contributed by atoms with Crippen LogP contribution in [0, 0.1) is 0 Å². The normalized spacial score (nSPS) is 14.4. The summed E-state index contributed by atoms with van der Waals surface area (Å²) in [5, 5.41) is 8.47. The lowest BCUT2D eigenvalue weighted by atomic mass is 10.3. The van der Waals surface area contributed by atoms with Crippen LogP contribution in [-0.2, 0) is 29.9 Å². The maximum absolute atomic E-state index is 12.7. The number of rotatable bonds is 3. The Labute approximate surface area is 127 Å². The molecule has 0 saturated carbocycles. The van der Waals surface area contributed by atoms with E-state index in [1.807, 2.05) is 0 Å². The Morgan fingerprint density at radius 1 is 1.27 bits per heavy atom. The van der Waals surface area contributed by atoms with E-state index in [2.05, 4.69) is 14.9 Å². The van der Waals surface area contributed by atoms with Crippen LogP contribution in [0.2, 0.25) is 0 Å². The fourth-order valence-electron chi connectivity index (χ4n) is 2.95. The Bertz CT molecular complexity index is 970. The highest BCUT2D eigenvalue weighted by Gasteiger charge is 2.26. The fraction of sp³-hybridized carbons (Fsp3) is 0.286. The van der Waals surface area contributed by atoms with Crippen molar-refractivity contribution in [1.29, 1.82) is 0 Å². The molecule has 3 aromatic heterocycles. The molecule has 22 heavy (non-hydrogen) atoms. The van der Waals surface area contributed by atoms with E-state index in [-0.39, 0.29) is 4.90 Å². The number of hydrogen-bond acceptors (Lipinski definition) is 4. The predicted molar refractivity (Wildman–Crippen MR) is 81.2 cm³/mol. The Kier molecular flexibility index (Phi) is 2.77. The lowest BCUT2D eigenvalue weighted by Gasteiger charge is -2.09. The van der Waals surface area contributed by atoms with Crippen LogP contribution in [0.5, 0.6) is 0 Å². The summed E-state index contributed by atoms with van der Waals surface area (Å²) in [6.45, 7) is 0. The first-order valence-electron chi connectivity index (χ1n) is 7.06. The van der Waals surface area contributed by atoms with Crippen LogP contribution >= 0.6 is 0 Å². The lowest BCUT2D eigenvalue weighted by molar-refractivity contribution is 0.601. The van der Waals surface area contributed by atoms with E-state index in [1.54, 1.807) is 40.6 Å². The molecule has 0 radical (unpaired) electrons. The van der Waals surface area contributed by atoms with Crippen LogP contribution in [0.3, 0.4) is 0 Å². The third-order valence-corrected chi connectivity index (χ3v) is 5.34. The average Bonchev–Trinajstić information content (AvgIpc) is 3.16. The molecule has 3 heterocycles. The molecule has 0 saturated heterocycles. The second-order valence-corrected chi connectivity index (χ2v) is 7.05. The van der Waals surface area contributed by atoms with Crippen LogP contribution in [0.25, 0.3) is 5.52 Å². The summed E-state index contributed by atoms with van der Waals surface area (Å²) >= 11 is 0. The molecule has 0 aromatic carbocycles. The van der Waals surface area contributed by atoms with Gasteiger partial charge in [-0.25, -0.2) is 12.9 Å². The van der Waals surface area contributed by atoms with Gasteiger partial charge in [-0.05, 0) is 31.4 Å². The third-order valence-electron chi connectivity index (χ3n) is 3.98. The van der Waals surface area contributed by atoms with Crippen molar-refractivity contribution in [2.24, 2.45) is 7.05 Å². The van der Waals surface area contributed by atoms with Crippen molar-refractivity contribution in [2.45, 2.75) is 24.2 Å². The first-order chi connectivity index (χ1) is 10.6. The summed E-state index contributed by atoms with van der Waals surface area (Å²) in [6.07, 6.45) is 5.87. The minimum Gasteiger partial charge on any atom is -0.263 e. The minimum atomic E-state index is -3.70. The molecular weight excluding hydrogens is 302 g/mol. The third kappa shape index (κ3) is 1.91. The van der Waals surface area contributed by atoms with E-state index in [1.165, 1.54) is 6.20 Å². The van der Waals surface area contributed by atoms with Crippen molar-refractivity contribution in [1.82, 2.24) is 19.4 Å². The Morgan fingerprint density at radius 2 is 2.14 bits per heavy atom. The van der Waals surface area contributed by atoms with E-state index >= 15 is 0 Å². The average molecular weight is 317 g/mol. The smallest absolute Gasteiger partial charge is 0.263 e. The maximum atomic E-state index is 12.7. The molecule has 1 N–H and O–H groups in total. The molecule has 0 fully saturated rings. The summed E-state index contributed by atoms with van der Waals surface area (Å²) in [7, 11) is -1.95. The highest BCUT2D eigenvalue weighted by Crippen LogP contribution is 2.30. The van der Waals surface area contributed by atoms with Gasteiger partial charge in [-0.1, -0.05) is 6.07 Å². The van der Waals surface area contributed by atoms with Crippen LogP contribution in [-0.4, -0.2) is 27.8 Å². The van der Waals surface area contributed by atoms with Crippen molar-refractivity contribution in [2.75, 3.05) is 4.72 Å². The molecule has 1 aliphatic carbocycles. The molecule has 1 aliphatic rings. The van der Waals surface area contributed by atoms with E-state index in [4.69, 9.17) is 0 Å². The predicted octanol–water partition coefficient (Wildman–Crippen LogP) is 1.36. The van der Waals surface area contributed by atoms with Gasteiger partial charge in [-0.15, -0.1) is 0 Å². The first kappa shape index (κ1) is 13.3. The second kappa shape index (κ2) is 4.57. The highest BCUT2D eigenvalue weighted by molar-refractivity contribution is 7.93. The number of sulfonamides is 1. The molecule has 0 bridgehead atoms. The van der Waals surface area contributed by atoms with Crippen LogP contribution in [0.1, 0.15) is 17.7 Å². The fourth-order valence-corrected chi connectivity index (χ4v) is 4.19. The quantitative estimate of drug-likeness (QED) is 0.791. The molecule has 3 aromatic rings. The number of nitrogens with zero attached hydrogens (tertiary/aromatic N) is 4. The highest BCUT2D eigenvalue weighted by atomic mass is 32.2. The monoisotopic (exact) mass is 317 g/mol. The summed E-state index contributed by atoms with van der Waals surface area (Å²) in [5.74, 6) is 0.558. The van der Waals surface area contributed by atoms with E-state index < -0.39 is 10.0 Å². The van der Waals surface area contributed by atoms with Crippen molar-refractivity contribution in [3.63, 3.8) is 0 Å². The zero-order chi connectivity index (χ0) is 15.3. The molecule has 0 unspecified atom stereocenters. The summed E-state index contributed by atoms with van der Waals surface area (Å²) in [5.41, 5.74) is 2.54. The maximum Gasteiger partial charge on any atom is 0.266 e. The largest absolute Gasteiger partial charge is 0.266 e. The first-order valence-corrected chi connectivity index (χ1v) is 8.54. The standard InChI is InChI=1S/C14H15N5O2S/c1-18-14(10-5-4-6-11(10)16-18)17-22(20,21)13-9-15-19-8-3-2-7-12(13)19/h2-3,7-9,17H,4-6H2,1H3. The van der Waals surface area contributed by atoms with Gasteiger partial charge in [0, 0.05) is 18.8 Å². The van der Waals surface area contributed by atoms with Crippen molar-refractivity contribution < 1.29 is 8.42 Å². The topological polar surface area (TPSA) is 81.3 Å². The number of fused-ring (bicyclic) bond motifs is 2. The molecule has 0 amide bonds. The molecule has 7 nitrogen and oxygen atoms in total. The van der Waals surface area contributed by atoms with Crippen molar-refractivity contribution >= 4 is 21.4 Å². The van der Waals surface area contributed by atoms with Gasteiger partial charge in [0.1, 0.15) is 10.7 Å². The summed E-state index contributed by atoms with van der Waals surface area (Å²) in [4.78, 5) is 0.168.